The molecule has 1 amide bonds. The Bertz CT molecular complexity index is 709. The van der Waals surface area contributed by atoms with Gasteiger partial charge in [0.15, 0.2) is 0 Å². The van der Waals surface area contributed by atoms with Crippen molar-refractivity contribution in [2.24, 2.45) is 0 Å². The van der Waals surface area contributed by atoms with Crippen LogP contribution in [0.5, 0.6) is 5.75 Å². The number of ether oxygens (including phenoxy) is 1. The summed E-state index contributed by atoms with van der Waals surface area (Å²) in [5.74, 6) is -0.263. The molecular formula is C20H22F3NO2. The van der Waals surface area contributed by atoms with Gasteiger partial charge in [-0.3, -0.25) is 4.79 Å². The molecule has 0 fully saturated rings. The summed E-state index contributed by atoms with van der Waals surface area (Å²) in [5, 5.41) is 0. The lowest BCUT2D eigenvalue weighted by Crippen LogP contribution is -2.26. The molecule has 0 unspecified atom stereocenters. The van der Waals surface area contributed by atoms with Gasteiger partial charge in [-0.1, -0.05) is 42.0 Å². The van der Waals surface area contributed by atoms with E-state index in [0.717, 1.165) is 18.4 Å². The second-order valence-corrected chi connectivity index (χ2v) is 6.28. The van der Waals surface area contributed by atoms with Crippen LogP contribution in [0.15, 0.2) is 48.5 Å². The molecule has 2 aromatic carbocycles. The van der Waals surface area contributed by atoms with Crippen LogP contribution in [0.3, 0.4) is 0 Å². The molecule has 0 bridgehead atoms. The Kier molecular flexibility index (Phi) is 6.66. The van der Waals surface area contributed by atoms with Gasteiger partial charge in [0.2, 0.25) is 5.91 Å². The molecule has 0 aromatic heterocycles. The number of carbonyl (C=O) groups is 1. The van der Waals surface area contributed by atoms with Gasteiger partial charge in [-0.05, 0) is 43.0 Å². The molecule has 6 heteroatoms. The fourth-order valence-corrected chi connectivity index (χ4v) is 2.55. The van der Waals surface area contributed by atoms with Gasteiger partial charge < -0.3 is 9.64 Å². The smallest absolute Gasteiger partial charge is 0.406 e. The Hall–Kier alpha value is -2.50. The molecule has 0 saturated heterocycles. The Balaban J connectivity index is 1.78. The van der Waals surface area contributed by atoms with E-state index in [1.54, 1.807) is 11.9 Å². The zero-order valence-electron chi connectivity index (χ0n) is 14.8. The second-order valence-electron chi connectivity index (χ2n) is 6.28. The molecule has 2 rings (SSSR count). The van der Waals surface area contributed by atoms with E-state index in [1.165, 1.54) is 35.4 Å². The summed E-state index contributed by atoms with van der Waals surface area (Å²) in [6.45, 7) is 2.37. The van der Waals surface area contributed by atoms with Crippen molar-refractivity contribution in [2.75, 3.05) is 7.05 Å². The second kappa shape index (κ2) is 8.74. The highest BCUT2D eigenvalue weighted by Gasteiger charge is 2.30. The summed E-state index contributed by atoms with van der Waals surface area (Å²) < 4.78 is 40.3. The summed E-state index contributed by atoms with van der Waals surface area (Å²) in [6, 6.07) is 13.8. The van der Waals surface area contributed by atoms with E-state index in [4.69, 9.17) is 0 Å². The monoisotopic (exact) mass is 365 g/mol. The fourth-order valence-electron chi connectivity index (χ4n) is 2.55. The van der Waals surface area contributed by atoms with Crippen molar-refractivity contribution in [1.82, 2.24) is 4.90 Å². The maximum absolute atomic E-state index is 12.2. The van der Waals surface area contributed by atoms with E-state index in [2.05, 4.69) is 29.0 Å². The maximum atomic E-state index is 12.2. The predicted molar refractivity (Wildman–Crippen MR) is 93.7 cm³/mol. The number of alkyl halides is 3. The van der Waals surface area contributed by atoms with Gasteiger partial charge in [-0.15, -0.1) is 13.2 Å². The molecule has 3 nitrogen and oxygen atoms in total. The standard InChI is InChI=1S/C20H22F3NO2/c1-15-6-8-16(9-7-15)4-3-5-19(25)24(2)14-17-10-12-18(13-11-17)26-20(21,22)23/h6-13H,3-5,14H2,1-2H3. The lowest BCUT2D eigenvalue weighted by atomic mass is 10.1. The number of hydrogen-bond donors (Lipinski definition) is 0. The molecule has 2 aromatic rings. The topological polar surface area (TPSA) is 29.5 Å². The van der Waals surface area contributed by atoms with Crippen LogP contribution in [0.2, 0.25) is 0 Å². The number of aryl methyl sites for hydroxylation is 2. The van der Waals surface area contributed by atoms with E-state index >= 15 is 0 Å². The summed E-state index contributed by atoms with van der Waals surface area (Å²) in [5.41, 5.74) is 3.15. The highest BCUT2D eigenvalue weighted by atomic mass is 19.4. The minimum Gasteiger partial charge on any atom is -0.406 e. The van der Waals surface area contributed by atoms with Crippen molar-refractivity contribution in [3.8, 4) is 5.75 Å². The first-order chi connectivity index (χ1) is 12.2. The molecule has 0 N–H and O–H groups in total. The molecule has 26 heavy (non-hydrogen) atoms. The van der Waals surface area contributed by atoms with Gasteiger partial charge in [0.25, 0.3) is 0 Å². The minimum atomic E-state index is -4.70. The molecular weight excluding hydrogens is 343 g/mol. The summed E-state index contributed by atoms with van der Waals surface area (Å²) in [6.07, 6.45) is -2.68. The van der Waals surface area contributed by atoms with Gasteiger partial charge in [-0.25, -0.2) is 0 Å². The highest BCUT2D eigenvalue weighted by molar-refractivity contribution is 5.75. The molecule has 0 heterocycles. The van der Waals surface area contributed by atoms with E-state index in [-0.39, 0.29) is 11.7 Å². The summed E-state index contributed by atoms with van der Waals surface area (Å²) >= 11 is 0. The first kappa shape index (κ1) is 19.8. The van der Waals surface area contributed by atoms with Crippen molar-refractivity contribution in [2.45, 2.75) is 39.1 Å². The lowest BCUT2D eigenvalue weighted by Gasteiger charge is -2.17. The van der Waals surface area contributed by atoms with Crippen molar-refractivity contribution in [3.63, 3.8) is 0 Å². The Labute approximate surface area is 151 Å². The molecule has 0 aliphatic carbocycles. The van der Waals surface area contributed by atoms with Crippen LogP contribution in [-0.4, -0.2) is 24.2 Å². The van der Waals surface area contributed by atoms with Crippen LogP contribution in [0, 0.1) is 6.92 Å². The number of carbonyl (C=O) groups excluding carboxylic acids is 1. The average molecular weight is 365 g/mol. The third-order valence-corrected chi connectivity index (χ3v) is 3.98. The normalized spacial score (nSPS) is 11.3. The lowest BCUT2D eigenvalue weighted by molar-refractivity contribution is -0.274. The van der Waals surface area contributed by atoms with E-state index < -0.39 is 6.36 Å². The Morgan fingerprint density at radius 3 is 2.15 bits per heavy atom. The van der Waals surface area contributed by atoms with Crippen molar-refractivity contribution in [3.05, 3.63) is 65.2 Å². The SMILES string of the molecule is Cc1ccc(CCCC(=O)N(C)Cc2ccc(OC(F)(F)F)cc2)cc1. The third-order valence-electron chi connectivity index (χ3n) is 3.98. The molecule has 0 aliphatic heterocycles. The number of benzene rings is 2. The number of rotatable bonds is 7. The van der Waals surface area contributed by atoms with E-state index in [0.29, 0.717) is 13.0 Å². The molecule has 0 spiro atoms. The number of halogens is 3. The Morgan fingerprint density at radius 1 is 1.00 bits per heavy atom. The first-order valence-corrected chi connectivity index (χ1v) is 8.37. The summed E-state index contributed by atoms with van der Waals surface area (Å²) in [4.78, 5) is 13.8. The van der Waals surface area contributed by atoms with E-state index in [1.807, 2.05) is 6.92 Å². The van der Waals surface area contributed by atoms with Crippen molar-refractivity contribution in [1.29, 1.82) is 0 Å². The molecule has 0 saturated carbocycles. The van der Waals surface area contributed by atoms with Gasteiger partial charge in [0, 0.05) is 20.0 Å². The van der Waals surface area contributed by atoms with Crippen molar-refractivity contribution >= 4 is 5.91 Å². The molecule has 0 aliphatic rings. The van der Waals surface area contributed by atoms with Gasteiger partial charge >= 0.3 is 6.36 Å². The molecule has 140 valence electrons. The number of nitrogens with zero attached hydrogens (tertiary/aromatic N) is 1. The van der Waals surface area contributed by atoms with Crippen LogP contribution in [0.4, 0.5) is 13.2 Å². The van der Waals surface area contributed by atoms with Gasteiger partial charge in [0.1, 0.15) is 5.75 Å². The minimum absolute atomic E-state index is 0.00716. The average Bonchev–Trinajstić information content (AvgIpc) is 2.57. The van der Waals surface area contributed by atoms with Crippen LogP contribution < -0.4 is 4.74 Å². The zero-order chi connectivity index (χ0) is 19.2. The largest absolute Gasteiger partial charge is 0.573 e. The van der Waals surface area contributed by atoms with Crippen LogP contribution >= 0.6 is 0 Å². The van der Waals surface area contributed by atoms with Gasteiger partial charge in [0.05, 0.1) is 0 Å². The fraction of sp³-hybridized carbons (Fsp3) is 0.350. The van der Waals surface area contributed by atoms with Crippen LogP contribution in [-0.2, 0) is 17.8 Å². The highest BCUT2D eigenvalue weighted by Crippen LogP contribution is 2.23. The number of hydrogen-bond acceptors (Lipinski definition) is 2. The molecule has 0 atom stereocenters. The van der Waals surface area contributed by atoms with E-state index in [9.17, 15) is 18.0 Å². The van der Waals surface area contributed by atoms with Gasteiger partial charge in [-0.2, -0.15) is 0 Å². The predicted octanol–water partition coefficient (Wildman–Crippen LogP) is 4.87. The quantitative estimate of drug-likeness (QED) is 0.700. The zero-order valence-corrected chi connectivity index (χ0v) is 14.8. The summed E-state index contributed by atoms with van der Waals surface area (Å²) in [7, 11) is 1.69. The number of amides is 1. The van der Waals surface area contributed by atoms with Crippen LogP contribution in [0.1, 0.15) is 29.5 Å². The first-order valence-electron chi connectivity index (χ1n) is 8.37. The van der Waals surface area contributed by atoms with Crippen molar-refractivity contribution < 1.29 is 22.7 Å². The van der Waals surface area contributed by atoms with Crippen LogP contribution in [0.25, 0.3) is 0 Å². The third kappa shape index (κ3) is 6.78. The molecule has 0 radical (unpaired) electrons. The maximum Gasteiger partial charge on any atom is 0.573 e. The Morgan fingerprint density at radius 2 is 1.58 bits per heavy atom.